The van der Waals surface area contributed by atoms with Gasteiger partial charge in [0.05, 0.1) is 17.6 Å². The zero-order valence-corrected chi connectivity index (χ0v) is 8.67. The van der Waals surface area contributed by atoms with Crippen LogP contribution in [-0.2, 0) is 10.5 Å². The van der Waals surface area contributed by atoms with Gasteiger partial charge < -0.3 is 0 Å². The van der Waals surface area contributed by atoms with Crippen LogP contribution in [0.25, 0.3) is 5.69 Å². The predicted molar refractivity (Wildman–Crippen MR) is 55.9 cm³/mol. The molecule has 2 aromatic heterocycles. The Bertz CT molecular complexity index is 476. The topological polar surface area (TPSA) is 47.8 Å². The van der Waals surface area contributed by atoms with Gasteiger partial charge in [0.15, 0.2) is 6.29 Å². The summed E-state index contributed by atoms with van der Waals surface area (Å²) in [7, 11) is 0. The maximum Gasteiger partial charge on any atom is 0.204 e. The highest BCUT2D eigenvalue weighted by Crippen LogP contribution is 2.21. The molecule has 4 nitrogen and oxygen atoms in total. The lowest BCUT2D eigenvalue weighted by molar-refractivity contribution is -0.117. The first kappa shape index (κ1) is 10.5. The number of pyridine rings is 1. The van der Waals surface area contributed by atoms with E-state index in [0.717, 1.165) is 5.69 Å². The van der Waals surface area contributed by atoms with Gasteiger partial charge in [0, 0.05) is 12.4 Å². The highest BCUT2D eigenvalue weighted by molar-refractivity contribution is 5.64. The van der Waals surface area contributed by atoms with Gasteiger partial charge in [-0.3, -0.25) is 9.78 Å². The van der Waals surface area contributed by atoms with E-state index in [9.17, 15) is 9.18 Å². The Morgan fingerprint density at radius 2 is 2.31 bits per heavy atom. The van der Waals surface area contributed by atoms with E-state index in [0.29, 0.717) is 0 Å². The molecule has 0 amide bonds. The van der Waals surface area contributed by atoms with Crippen molar-refractivity contribution in [3.8, 4) is 5.69 Å². The lowest BCUT2D eigenvalue weighted by atomic mass is 10.1. The number of halogens is 1. The van der Waals surface area contributed by atoms with Crippen molar-refractivity contribution in [1.29, 1.82) is 0 Å². The summed E-state index contributed by atoms with van der Waals surface area (Å²) in [6.07, 6.45) is 5.11. The van der Waals surface area contributed by atoms with E-state index in [1.165, 1.54) is 19.2 Å². The fourth-order valence-electron chi connectivity index (χ4n) is 1.29. The molecular formula is C11H10FN3O. The molecule has 2 rings (SSSR count). The summed E-state index contributed by atoms with van der Waals surface area (Å²) in [6, 6.07) is 4.92. The van der Waals surface area contributed by atoms with Crippen molar-refractivity contribution in [2.24, 2.45) is 0 Å². The van der Waals surface area contributed by atoms with E-state index >= 15 is 0 Å². The monoisotopic (exact) mass is 219 g/mol. The van der Waals surface area contributed by atoms with Crippen LogP contribution < -0.4 is 0 Å². The lowest BCUT2D eigenvalue weighted by Gasteiger charge is -2.11. The third kappa shape index (κ3) is 1.84. The molecule has 0 aliphatic heterocycles. The molecule has 16 heavy (non-hydrogen) atoms. The van der Waals surface area contributed by atoms with Crippen molar-refractivity contribution in [2.75, 3.05) is 0 Å². The molecule has 82 valence electrons. The molecule has 0 saturated heterocycles. The minimum absolute atomic E-state index is 0.0957. The van der Waals surface area contributed by atoms with Gasteiger partial charge in [-0.05, 0) is 25.1 Å². The Labute approximate surface area is 91.7 Å². The molecule has 0 fully saturated rings. The van der Waals surface area contributed by atoms with E-state index in [-0.39, 0.29) is 12.0 Å². The van der Waals surface area contributed by atoms with Crippen molar-refractivity contribution >= 4 is 6.29 Å². The normalized spacial score (nSPS) is 14.4. The van der Waals surface area contributed by atoms with Gasteiger partial charge in [0.25, 0.3) is 0 Å². The molecule has 0 aliphatic rings. The lowest BCUT2D eigenvalue weighted by Crippen LogP contribution is -2.18. The Kier molecular flexibility index (Phi) is 2.52. The summed E-state index contributed by atoms with van der Waals surface area (Å²) >= 11 is 0. The van der Waals surface area contributed by atoms with Gasteiger partial charge >= 0.3 is 0 Å². The number of rotatable bonds is 3. The van der Waals surface area contributed by atoms with Gasteiger partial charge in [0.1, 0.15) is 0 Å². The van der Waals surface area contributed by atoms with Crippen molar-refractivity contribution in [1.82, 2.24) is 14.8 Å². The van der Waals surface area contributed by atoms with Crippen LogP contribution in [0.1, 0.15) is 12.6 Å². The van der Waals surface area contributed by atoms with Gasteiger partial charge in [-0.15, -0.1) is 0 Å². The summed E-state index contributed by atoms with van der Waals surface area (Å²) in [5.41, 5.74) is -1.23. The minimum Gasteiger partial charge on any atom is -0.299 e. The van der Waals surface area contributed by atoms with E-state index in [4.69, 9.17) is 0 Å². The van der Waals surface area contributed by atoms with Gasteiger partial charge in [-0.25, -0.2) is 9.07 Å². The highest BCUT2D eigenvalue weighted by Gasteiger charge is 2.26. The molecule has 5 heteroatoms. The maximum absolute atomic E-state index is 13.6. The number of alkyl halides is 1. The Hall–Kier alpha value is -2.04. The average Bonchev–Trinajstić information content (AvgIpc) is 2.83. The van der Waals surface area contributed by atoms with E-state index in [1.807, 2.05) is 0 Å². The maximum atomic E-state index is 13.6. The second-order valence-corrected chi connectivity index (χ2v) is 3.55. The molecule has 0 aliphatic carbocycles. The quantitative estimate of drug-likeness (QED) is 0.737. The van der Waals surface area contributed by atoms with Crippen LogP contribution in [0.5, 0.6) is 0 Å². The SMILES string of the molecule is CC(F)(C=O)c1ccc(-n2cccn2)cn1. The Balaban J connectivity index is 2.34. The van der Waals surface area contributed by atoms with Crippen molar-refractivity contribution in [3.63, 3.8) is 0 Å². The molecule has 1 atom stereocenters. The molecular weight excluding hydrogens is 209 g/mol. The standard InChI is InChI=1S/C11H10FN3O/c1-11(12,8-16)10-4-3-9(7-13-10)15-6-2-5-14-15/h2-8H,1H3. The van der Waals surface area contributed by atoms with Gasteiger partial charge in [-0.1, -0.05) is 0 Å². The fraction of sp³-hybridized carbons (Fsp3) is 0.182. The molecule has 0 aromatic carbocycles. The van der Waals surface area contributed by atoms with Gasteiger partial charge in [-0.2, -0.15) is 5.10 Å². The molecule has 0 radical (unpaired) electrons. The Morgan fingerprint density at radius 1 is 1.50 bits per heavy atom. The number of aromatic nitrogens is 3. The second-order valence-electron chi connectivity index (χ2n) is 3.55. The van der Waals surface area contributed by atoms with Crippen LogP contribution in [-0.4, -0.2) is 21.1 Å². The Morgan fingerprint density at radius 3 is 2.81 bits per heavy atom. The summed E-state index contributed by atoms with van der Waals surface area (Å²) in [5.74, 6) is 0. The molecule has 0 spiro atoms. The van der Waals surface area contributed by atoms with Crippen LogP contribution in [0, 0.1) is 0 Å². The number of nitrogens with zero attached hydrogens (tertiary/aromatic N) is 3. The summed E-state index contributed by atoms with van der Waals surface area (Å²) in [4.78, 5) is 14.4. The van der Waals surface area contributed by atoms with Crippen LogP contribution in [0.2, 0.25) is 0 Å². The van der Waals surface area contributed by atoms with Crippen molar-refractivity contribution in [3.05, 3.63) is 42.5 Å². The number of carbonyl (C=O) groups is 1. The summed E-state index contributed by atoms with van der Waals surface area (Å²) in [6.45, 7) is 1.18. The van der Waals surface area contributed by atoms with Crippen molar-refractivity contribution < 1.29 is 9.18 Å². The second kappa shape index (κ2) is 3.84. The number of aldehydes is 1. The van der Waals surface area contributed by atoms with Crippen LogP contribution in [0.3, 0.4) is 0 Å². The summed E-state index contributed by atoms with van der Waals surface area (Å²) < 4.78 is 15.2. The van der Waals surface area contributed by atoms with E-state index in [2.05, 4.69) is 10.1 Å². The van der Waals surface area contributed by atoms with Crippen LogP contribution in [0.15, 0.2) is 36.8 Å². The molecule has 0 saturated carbocycles. The van der Waals surface area contributed by atoms with Crippen molar-refractivity contribution in [2.45, 2.75) is 12.6 Å². The summed E-state index contributed by atoms with van der Waals surface area (Å²) in [5, 5.41) is 4.01. The smallest absolute Gasteiger partial charge is 0.204 e. The number of carbonyl (C=O) groups excluding carboxylic acids is 1. The number of hydrogen-bond donors (Lipinski definition) is 0. The first-order chi connectivity index (χ1) is 7.63. The zero-order valence-electron chi connectivity index (χ0n) is 8.67. The molecule has 0 N–H and O–H groups in total. The first-order valence-electron chi connectivity index (χ1n) is 4.75. The molecule has 0 bridgehead atoms. The average molecular weight is 219 g/mol. The minimum atomic E-state index is -2.04. The third-order valence-corrected chi connectivity index (χ3v) is 2.24. The molecule has 1 unspecified atom stereocenters. The van der Waals surface area contributed by atoms with Crippen LogP contribution in [0.4, 0.5) is 4.39 Å². The molecule has 2 heterocycles. The predicted octanol–water partition coefficient (Wildman–Crippen LogP) is 1.65. The first-order valence-corrected chi connectivity index (χ1v) is 4.75. The molecule has 2 aromatic rings. The largest absolute Gasteiger partial charge is 0.299 e. The van der Waals surface area contributed by atoms with Crippen LogP contribution >= 0.6 is 0 Å². The van der Waals surface area contributed by atoms with E-state index in [1.54, 1.807) is 29.2 Å². The fourth-order valence-corrected chi connectivity index (χ4v) is 1.29. The highest BCUT2D eigenvalue weighted by atomic mass is 19.1. The number of hydrogen-bond acceptors (Lipinski definition) is 3. The zero-order chi connectivity index (χ0) is 11.6. The third-order valence-electron chi connectivity index (χ3n) is 2.24. The van der Waals surface area contributed by atoms with E-state index < -0.39 is 5.67 Å². The van der Waals surface area contributed by atoms with Gasteiger partial charge in [0.2, 0.25) is 5.67 Å².